The van der Waals surface area contributed by atoms with Crippen LogP contribution in [0.3, 0.4) is 0 Å². The van der Waals surface area contributed by atoms with Crippen LogP contribution in [0.5, 0.6) is 0 Å². The van der Waals surface area contributed by atoms with Gasteiger partial charge in [-0.25, -0.2) is 0 Å². The van der Waals surface area contributed by atoms with E-state index in [2.05, 4.69) is 69.6 Å². The van der Waals surface area contributed by atoms with Gasteiger partial charge < -0.3 is 0 Å². The van der Waals surface area contributed by atoms with Gasteiger partial charge in [0, 0.05) is 37.7 Å². The quantitative estimate of drug-likeness (QED) is 0.743. The maximum Gasteiger partial charge on any atom is 0.0731 e. The third-order valence-corrected chi connectivity index (χ3v) is 3.28. The van der Waals surface area contributed by atoms with Crippen molar-refractivity contribution in [3.63, 3.8) is 0 Å². The second kappa shape index (κ2) is 6.50. The summed E-state index contributed by atoms with van der Waals surface area (Å²) in [5, 5.41) is 4.80. The fraction of sp³-hybridized carbons (Fsp3) is 0.438. The molecular weight excluding hydrogens is 327 g/mol. The third-order valence-electron chi connectivity index (χ3n) is 3.28. The van der Waals surface area contributed by atoms with Crippen LogP contribution in [0.2, 0.25) is 0 Å². The van der Waals surface area contributed by atoms with Crippen molar-refractivity contribution in [3.05, 3.63) is 41.7 Å². The van der Waals surface area contributed by atoms with Gasteiger partial charge in [0.2, 0.25) is 0 Å². The van der Waals surface area contributed by atoms with E-state index in [1.807, 2.05) is 0 Å². The predicted molar refractivity (Wildman–Crippen MR) is 76.9 cm³/mol. The number of nitrogens with zero attached hydrogens (tertiary/aromatic N) is 2. The Morgan fingerprint density at radius 3 is 2.05 bits per heavy atom. The van der Waals surface area contributed by atoms with Crippen LogP contribution in [-0.2, 0) is 20.4 Å². The van der Waals surface area contributed by atoms with Gasteiger partial charge in [-0.1, -0.05) is 44.2 Å². The average Bonchev–Trinajstić information content (AvgIpc) is 2.68. The van der Waals surface area contributed by atoms with Gasteiger partial charge in [0.15, 0.2) is 0 Å². The van der Waals surface area contributed by atoms with Crippen LogP contribution >= 0.6 is 0 Å². The maximum atomic E-state index is 4.80. The Balaban J connectivity index is 0.00000180. The molecule has 0 N–H and O–H groups in total. The van der Waals surface area contributed by atoms with Crippen molar-refractivity contribution in [1.29, 1.82) is 0 Å². The van der Waals surface area contributed by atoms with Crippen LogP contribution in [0.15, 0.2) is 30.3 Å². The summed E-state index contributed by atoms with van der Waals surface area (Å²) in [6.07, 6.45) is 0. The summed E-state index contributed by atoms with van der Waals surface area (Å²) >= 11 is 0. The minimum absolute atomic E-state index is 0. The molecule has 0 amide bonds. The van der Waals surface area contributed by atoms with Gasteiger partial charge in [-0.2, -0.15) is 5.10 Å². The van der Waals surface area contributed by atoms with E-state index in [1.165, 1.54) is 22.5 Å². The molecule has 0 fully saturated rings. The van der Waals surface area contributed by atoms with Crippen molar-refractivity contribution in [3.8, 4) is 11.1 Å². The fourth-order valence-corrected chi connectivity index (χ4v) is 2.41. The molecule has 1 aromatic carbocycles. The van der Waals surface area contributed by atoms with Gasteiger partial charge in [-0.05, 0) is 32.3 Å². The van der Waals surface area contributed by atoms with Crippen LogP contribution < -0.4 is 0 Å². The zero-order chi connectivity index (χ0) is 13.3. The molecule has 0 saturated heterocycles. The zero-order valence-electron chi connectivity index (χ0n) is 12.3. The summed E-state index contributed by atoms with van der Waals surface area (Å²) in [6, 6.07) is 11.0. The van der Waals surface area contributed by atoms with Crippen molar-refractivity contribution >= 4 is 0 Å². The first kappa shape index (κ1) is 16.1. The Bertz CT molecular complexity index is 527. The summed E-state index contributed by atoms with van der Waals surface area (Å²) in [5.74, 6) is 0.443. The second-order valence-corrected chi connectivity index (χ2v) is 5.40. The predicted octanol–water partition coefficient (Wildman–Crippen LogP) is 4.56. The molecule has 0 aliphatic heterocycles. The van der Waals surface area contributed by atoms with E-state index in [-0.39, 0.29) is 20.4 Å². The molecule has 19 heavy (non-hydrogen) atoms. The maximum absolute atomic E-state index is 4.80. The number of aromatic nitrogens is 2. The first-order valence-electron chi connectivity index (χ1n) is 6.66. The van der Waals surface area contributed by atoms with Crippen LogP contribution in [-0.4, -0.2) is 9.78 Å². The Hall–Kier alpha value is -0.908. The molecule has 0 atom stereocenters. The van der Waals surface area contributed by atoms with Crippen molar-refractivity contribution in [2.24, 2.45) is 0 Å². The van der Waals surface area contributed by atoms with Gasteiger partial charge in [0.05, 0.1) is 5.69 Å². The van der Waals surface area contributed by atoms with Crippen molar-refractivity contribution in [1.82, 2.24) is 9.78 Å². The van der Waals surface area contributed by atoms with Crippen molar-refractivity contribution in [2.75, 3.05) is 0 Å². The summed E-state index contributed by atoms with van der Waals surface area (Å²) < 4.78 is 2.14. The smallest absolute Gasteiger partial charge is 0.0731 e. The molecule has 0 radical (unpaired) electrons. The average molecular weight is 349 g/mol. The van der Waals surface area contributed by atoms with Gasteiger partial charge in [0.1, 0.15) is 0 Å². The summed E-state index contributed by atoms with van der Waals surface area (Å²) in [4.78, 5) is 0. The monoisotopic (exact) mass is 348 g/mol. The van der Waals surface area contributed by atoms with E-state index >= 15 is 0 Å². The molecule has 2 rings (SSSR count). The van der Waals surface area contributed by atoms with E-state index < -0.39 is 0 Å². The molecule has 2 aromatic rings. The molecule has 106 valence electrons. The number of hydrogen-bond acceptors (Lipinski definition) is 1. The van der Waals surface area contributed by atoms with Crippen LogP contribution in [0.25, 0.3) is 11.1 Å². The summed E-state index contributed by atoms with van der Waals surface area (Å²) in [7, 11) is 0. The van der Waals surface area contributed by atoms with Gasteiger partial charge in [0.25, 0.3) is 0 Å². The Morgan fingerprint density at radius 1 is 1.00 bits per heavy atom. The van der Waals surface area contributed by atoms with E-state index in [1.54, 1.807) is 0 Å². The van der Waals surface area contributed by atoms with Crippen molar-refractivity contribution in [2.45, 2.75) is 46.6 Å². The molecule has 0 unspecified atom stereocenters. The topological polar surface area (TPSA) is 17.8 Å². The van der Waals surface area contributed by atoms with E-state index in [4.69, 9.17) is 5.10 Å². The Labute approximate surface area is 129 Å². The number of benzene rings is 1. The first-order chi connectivity index (χ1) is 8.52. The molecule has 1 aromatic heterocycles. The van der Waals surface area contributed by atoms with Crippen molar-refractivity contribution < 1.29 is 20.4 Å². The molecule has 3 heteroatoms. The molecule has 0 aliphatic rings. The fourth-order valence-electron chi connectivity index (χ4n) is 2.41. The molecule has 0 saturated carbocycles. The molecular formula is C16H22N2Pd. The number of rotatable bonds is 3. The van der Waals surface area contributed by atoms with E-state index in [0.29, 0.717) is 12.0 Å². The molecule has 1 heterocycles. The zero-order valence-corrected chi connectivity index (χ0v) is 13.8. The van der Waals surface area contributed by atoms with E-state index in [9.17, 15) is 0 Å². The van der Waals surface area contributed by atoms with Gasteiger partial charge in [-0.15, -0.1) is 0 Å². The molecule has 0 bridgehead atoms. The third kappa shape index (κ3) is 3.16. The SMILES string of the molecule is Cc1c(-c2ccccc2)c(C(C)C)nn1C(C)C.[Pd]. The minimum Gasteiger partial charge on any atom is -0.266 e. The van der Waals surface area contributed by atoms with Crippen LogP contribution in [0.1, 0.15) is 51.0 Å². The van der Waals surface area contributed by atoms with Crippen LogP contribution in [0.4, 0.5) is 0 Å². The molecule has 0 aliphatic carbocycles. The molecule has 2 nitrogen and oxygen atoms in total. The second-order valence-electron chi connectivity index (χ2n) is 5.40. The van der Waals surface area contributed by atoms with Gasteiger partial charge in [-0.3, -0.25) is 4.68 Å². The standard InChI is InChI=1S/C16H22N2.Pd/c1-11(2)16-15(14-9-7-6-8-10-14)13(5)18(17-16)12(3)4;/h6-12H,1-5H3;. The largest absolute Gasteiger partial charge is 0.266 e. The first-order valence-corrected chi connectivity index (χ1v) is 6.66. The number of hydrogen-bond donors (Lipinski definition) is 0. The Kier molecular flexibility index (Phi) is 5.53. The molecule has 0 spiro atoms. The Morgan fingerprint density at radius 2 is 1.58 bits per heavy atom. The minimum atomic E-state index is 0. The normalized spacial score (nSPS) is 10.9. The van der Waals surface area contributed by atoms with Crippen LogP contribution in [0, 0.1) is 6.92 Å². The summed E-state index contributed by atoms with van der Waals surface area (Å²) in [5.41, 5.74) is 5.04. The summed E-state index contributed by atoms with van der Waals surface area (Å²) in [6.45, 7) is 10.9. The van der Waals surface area contributed by atoms with E-state index in [0.717, 1.165) is 0 Å². The van der Waals surface area contributed by atoms with Gasteiger partial charge >= 0.3 is 0 Å².